The lowest BCUT2D eigenvalue weighted by Crippen LogP contribution is -2.37. The van der Waals surface area contributed by atoms with Crippen molar-refractivity contribution in [2.75, 3.05) is 18.1 Å². The molecule has 0 spiro atoms. The first-order valence-corrected chi connectivity index (χ1v) is 7.09. The quantitative estimate of drug-likeness (QED) is 0.838. The molecule has 1 saturated carbocycles. The molecular formula is C14H24N4O. The van der Waals surface area contributed by atoms with Crippen molar-refractivity contribution in [3.8, 4) is 0 Å². The fraction of sp³-hybridized carbons (Fsp3) is 0.714. The van der Waals surface area contributed by atoms with Crippen molar-refractivity contribution in [3.05, 3.63) is 16.8 Å². The molecule has 0 unspecified atom stereocenters. The van der Waals surface area contributed by atoms with Gasteiger partial charge in [-0.3, -0.25) is 0 Å². The van der Waals surface area contributed by atoms with Gasteiger partial charge in [0.05, 0.1) is 12.3 Å². The average molecular weight is 264 g/mol. The van der Waals surface area contributed by atoms with E-state index in [1.165, 1.54) is 25.7 Å². The summed E-state index contributed by atoms with van der Waals surface area (Å²) in [6, 6.07) is 0.467. The Hall–Kier alpha value is -1.20. The number of rotatable bonds is 5. The van der Waals surface area contributed by atoms with Crippen molar-refractivity contribution in [2.24, 2.45) is 5.73 Å². The van der Waals surface area contributed by atoms with Crippen molar-refractivity contribution >= 4 is 5.82 Å². The smallest absolute Gasteiger partial charge is 0.156 e. The second kappa shape index (κ2) is 6.30. The maximum Gasteiger partial charge on any atom is 0.156 e. The highest BCUT2D eigenvalue weighted by Gasteiger charge is 2.26. The lowest BCUT2D eigenvalue weighted by Gasteiger charge is -2.31. The fourth-order valence-electron chi connectivity index (χ4n) is 2.90. The minimum atomic E-state index is 0.134. The SMILES string of the molecule is Cc1nnc(N(CCO)C2CCCC2)c(CN)c1C. The van der Waals surface area contributed by atoms with Gasteiger partial charge in [0.25, 0.3) is 0 Å². The standard InChI is InChI=1S/C14H24N4O/c1-10-11(2)16-17-14(13(10)9-15)18(7-8-19)12-5-3-4-6-12/h12,19H,3-9,15H2,1-2H3. The van der Waals surface area contributed by atoms with Gasteiger partial charge >= 0.3 is 0 Å². The molecule has 0 saturated heterocycles. The third-order valence-electron chi connectivity index (χ3n) is 4.14. The summed E-state index contributed by atoms with van der Waals surface area (Å²) in [5.41, 5.74) is 9.01. The Morgan fingerprint density at radius 2 is 1.95 bits per heavy atom. The zero-order valence-corrected chi connectivity index (χ0v) is 11.9. The first-order chi connectivity index (χ1) is 9.19. The Kier molecular flexibility index (Phi) is 4.71. The van der Waals surface area contributed by atoms with E-state index in [2.05, 4.69) is 15.1 Å². The van der Waals surface area contributed by atoms with Crippen LogP contribution in [0.1, 0.15) is 42.5 Å². The van der Waals surface area contributed by atoms with Gasteiger partial charge in [-0.25, -0.2) is 0 Å². The molecule has 1 aliphatic carbocycles. The van der Waals surface area contributed by atoms with Crippen LogP contribution in [0.5, 0.6) is 0 Å². The van der Waals surface area contributed by atoms with E-state index >= 15 is 0 Å². The number of aryl methyl sites for hydroxylation is 1. The molecule has 1 fully saturated rings. The maximum atomic E-state index is 9.32. The molecule has 106 valence electrons. The third-order valence-corrected chi connectivity index (χ3v) is 4.14. The lowest BCUT2D eigenvalue weighted by molar-refractivity contribution is 0.296. The highest BCUT2D eigenvalue weighted by Crippen LogP contribution is 2.30. The van der Waals surface area contributed by atoms with Gasteiger partial charge in [-0.2, -0.15) is 5.10 Å². The lowest BCUT2D eigenvalue weighted by atomic mass is 10.1. The van der Waals surface area contributed by atoms with Gasteiger partial charge in [0.2, 0.25) is 0 Å². The van der Waals surface area contributed by atoms with E-state index in [9.17, 15) is 5.11 Å². The number of nitrogens with two attached hydrogens (primary N) is 1. The van der Waals surface area contributed by atoms with Gasteiger partial charge in [-0.05, 0) is 32.3 Å². The first kappa shape index (κ1) is 14.2. The van der Waals surface area contributed by atoms with E-state index in [0.29, 0.717) is 19.1 Å². The van der Waals surface area contributed by atoms with E-state index < -0.39 is 0 Å². The zero-order valence-electron chi connectivity index (χ0n) is 11.9. The van der Waals surface area contributed by atoms with Crippen LogP contribution in [0.4, 0.5) is 5.82 Å². The normalized spacial score (nSPS) is 16.0. The summed E-state index contributed by atoms with van der Waals surface area (Å²) in [4.78, 5) is 2.20. The number of anilines is 1. The summed E-state index contributed by atoms with van der Waals surface area (Å²) in [5, 5.41) is 17.9. The van der Waals surface area contributed by atoms with E-state index in [0.717, 1.165) is 22.6 Å². The Morgan fingerprint density at radius 3 is 2.53 bits per heavy atom. The number of hydrogen-bond donors (Lipinski definition) is 2. The number of aliphatic hydroxyl groups excluding tert-OH is 1. The van der Waals surface area contributed by atoms with Crippen LogP contribution in [-0.4, -0.2) is 34.5 Å². The molecule has 0 atom stereocenters. The predicted molar refractivity (Wildman–Crippen MR) is 76.1 cm³/mol. The Labute approximate surface area is 114 Å². The van der Waals surface area contributed by atoms with Crippen LogP contribution in [0, 0.1) is 13.8 Å². The average Bonchev–Trinajstić information content (AvgIpc) is 2.93. The number of aromatic nitrogens is 2. The van der Waals surface area contributed by atoms with Crippen molar-refractivity contribution in [2.45, 2.75) is 52.1 Å². The van der Waals surface area contributed by atoms with Crippen LogP contribution in [0.3, 0.4) is 0 Å². The molecule has 19 heavy (non-hydrogen) atoms. The van der Waals surface area contributed by atoms with Crippen LogP contribution in [0.15, 0.2) is 0 Å². The monoisotopic (exact) mass is 264 g/mol. The Bertz CT molecular complexity index is 430. The largest absolute Gasteiger partial charge is 0.395 e. The molecule has 1 aromatic rings. The molecule has 0 bridgehead atoms. The van der Waals surface area contributed by atoms with Gasteiger partial charge in [0.15, 0.2) is 5.82 Å². The van der Waals surface area contributed by atoms with E-state index in [1.54, 1.807) is 0 Å². The van der Waals surface area contributed by atoms with Crippen LogP contribution in [0.25, 0.3) is 0 Å². The molecule has 2 rings (SSSR count). The molecule has 0 radical (unpaired) electrons. The topological polar surface area (TPSA) is 75.3 Å². The highest BCUT2D eigenvalue weighted by molar-refractivity contribution is 5.51. The van der Waals surface area contributed by atoms with Gasteiger partial charge in [-0.1, -0.05) is 12.8 Å². The van der Waals surface area contributed by atoms with Crippen LogP contribution in [0.2, 0.25) is 0 Å². The van der Waals surface area contributed by atoms with Crippen molar-refractivity contribution in [1.29, 1.82) is 0 Å². The first-order valence-electron chi connectivity index (χ1n) is 7.09. The number of nitrogens with zero attached hydrogens (tertiary/aromatic N) is 3. The third kappa shape index (κ3) is 2.87. The minimum absolute atomic E-state index is 0.134. The van der Waals surface area contributed by atoms with Gasteiger partial charge < -0.3 is 15.7 Å². The summed E-state index contributed by atoms with van der Waals surface area (Å²) in [7, 11) is 0. The van der Waals surface area contributed by atoms with E-state index in [1.807, 2.05) is 13.8 Å². The minimum Gasteiger partial charge on any atom is -0.395 e. The van der Waals surface area contributed by atoms with Crippen LogP contribution >= 0.6 is 0 Å². The number of hydrogen-bond acceptors (Lipinski definition) is 5. The maximum absolute atomic E-state index is 9.32. The summed E-state index contributed by atoms with van der Waals surface area (Å²) < 4.78 is 0. The molecule has 5 heteroatoms. The second-order valence-corrected chi connectivity index (χ2v) is 5.27. The molecule has 0 amide bonds. The van der Waals surface area contributed by atoms with Crippen LogP contribution in [-0.2, 0) is 6.54 Å². The molecule has 1 heterocycles. The molecule has 5 nitrogen and oxygen atoms in total. The highest BCUT2D eigenvalue weighted by atomic mass is 16.3. The summed E-state index contributed by atoms with van der Waals surface area (Å²) >= 11 is 0. The molecule has 0 aliphatic heterocycles. The summed E-state index contributed by atoms with van der Waals surface area (Å²) in [5.74, 6) is 0.867. The van der Waals surface area contributed by atoms with Gasteiger partial charge in [0, 0.05) is 24.7 Å². The molecule has 3 N–H and O–H groups in total. The molecular weight excluding hydrogens is 240 g/mol. The van der Waals surface area contributed by atoms with Crippen molar-refractivity contribution < 1.29 is 5.11 Å². The number of aliphatic hydroxyl groups is 1. The molecule has 1 aromatic heterocycles. The van der Waals surface area contributed by atoms with E-state index in [-0.39, 0.29) is 6.61 Å². The summed E-state index contributed by atoms with van der Waals surface area (Å²) in [6.45, 7) is 5.20. The molecule has 1 aliphatic rings. The van der Waals surface area contributed by atoms with E-state index in [4.69, 9.17) is 5.73 Å². The fourth-order valence-corrected chi connectivity index (χ4v) is 2.90. The summed E-state index contributed by atoms with van der Waals surface area (Å²) in [6.07, 6.45) is 4.84. The Balaban J connectivity index is 2.37. The van der Waals surface area contributed by atoms with Gasteiger partial charge in [0.1, 0.15) is 0 Å². The predicted octanol–water partition coefficient (Wildman–Crippen LogP) is 1.29. The second-order valence-electron chi connectivity index (χ2n) is 5.27. The van der Waals surface area contributed by atoms with Crippen LogP contribution < -0.4 is 10.6 Å². The van der Waals surface area contributed by atoms with Gasteiger partial charge in [-0.15, -0.1) is 5.10 Å². The zero-order chi connectivity index (χ0) is 13.8. The molecule has 0 aromatic carbocycles. The van der Waals surface area contributed by atoms with Crippen molar-refractivity contribution in [1.82, 2.24) is 10.2 Å². The Morgan fingerprint density at radius 1 is 1.26 bits per heavy atom. The van der Waals surface area contributed by atoms with Crippen molar-refractivity contribution in [3.63, 3.8) is 0 Å².